The highest BCUT2D eigenvalue weighted by atomic mass is 32.2. The van der Waals surface area contributed by atoms with Gasteiger partial charge in [-0.15, -0.1) is 11.3 Å². The molecule has 2 aromatic heterocycles. The van der Waals surface area contributed by atoms with Crippen LogP contribution in [0.25, 0.3) is 21.6 Å². The number of hydrogen-bond acceptors (Lipinski definition) is 10. The molecule has 4 aliphatic rings. The van der Waals surface area contributed by atoms with Gasteiger partial charge in [0.1, 0.15) is 39.9 Å². The van der Waals surface area contributed by atoms with Crippen LogP contribution in [0.5, 0.6) is 11.5 Å². The van der Waals surface area contributed by atoms with Gasteiger partial charge in [-0.2, -0.15) is 13.2 Å². The molecule has 0 radical (unpaired) electrons. The van der Waals surface area contributed by atoms with Crippen molar-refractivity contribution in [2.45, 2.75) is 100 Å². The number of fused-ring (bicyclic) bond motifs is 3. The number of nitrogens with one attached hydrogen (secondary N) is 2. The van der Waals surface area contributed by atoms with E-state index in [9.17, 15) is 36.0 Å². The number of carbonyl (C=O) groups is 3. The maximum atomic E-state index is 14.2. The Bertz CT molecular complexity index is 2080. The summed E-state index contributed by atoms with van der Waals surface area (Å²) in [5.74, 6) is -1.20. The summed E-state index contributed by atoms with van der Waals surface area (Å²) >= 11 is 0.800. The lowest BCUT2D eigenvalue weighted by atomic mass is 9.96. The number of alkyl halides is 3. The first kappa shape index (κ1) is 37.1. The largest absolute Gasteiger partial charge is 0.496 e. The molecule has 17 heteroatoms. The maximum absolute atomic E-state index is 14.2. The molecule has 0 spiro atoms. The first-order valence-corrected chi connectivity index (χ1v) is 20.1. The Balaban J connectivity index is 1.20. The van der Waals surface area contributed by atoms with Gasteiger partial charge in [-0.05, 0) is 57.6 Å². The smallest absolute Gasteiger partial charge is 0.434 e. The normalized spacial score (nSPS) is 26.1. The summed E-state index contributed by atoms with van der Waals surface area (Å²) in [6.07, 6.45) is 3.29. The zero-order chi connectivity index (χ0) is 37.7. The third kappa shape index (κ3) is 7.59. The SMILES string of the molecule is COc1ccc2c(O[C@H]3CCN4C(=O)CCCCC/C=C/[C@H]5C[C@]5(C(=O)NS(=O)(=O)C5CC5)NC(=O)[C@@H]4C3)cc(-c3nc(C(F)(F)F)cs3)nc2c1C. The first-order chi connectivity index (χ1) is 25.2. The average Bonchev–Trinajstić information content (AvgIpc) is 4.03. The number of halogens is 3. The van der Waals surface area contributed by atoms with Crippen LogP contribution in [-0.2, 0) is 30.6 Å². The highest BCUT2D eigenvalue weighted by molar-refractivity contribution is 7.91. The van der Waals surface area contributed by atoms with Gasteiger partial charge in [-0.3, -0.25) is 19.1 Å². The summed E-state index contributed by atoms with van der Waals surface area (Å²) in [4.78, 5) is 51.4. The number of aryl methyl sites for hydroxylation is 1. The third-order valence-corrected chi connectivity index (χ3v) is 13.1. The van der Waals surface area contributed by atoms with Crippen molar-refractivity contribution in [3.63, 3.8) is 0 Å². The molecule has 2 saturated carbocycles. The van der Waals surface area contributed by atoms with Crippen molar-refractivity contribution in [3.8, 4) is 22.2 Å². The van der Waals surface area contributed by atoms with Gasteiger partial charge in [0, 0.05) is 54.1 Å². The van der Waals surface area contributed by atoms with Gasteiger partial charge in [0.05, 0.1) is 17.9 Å². The number of thiazole rings is 1. The molecule has 3 amide bonds. The van der Waals surface area contributed by atoms with Gasteiger partial charge in [0.15, 0.2) is 5.69 Å². The number of hydrogen-bond donors (Lipinski definition) is 2. The van der Waals surface area contributed by atoms with Crippen molar-refractivity contribution < 1.29 is 45.4 Å². The van der Waals surface area contributed by atoms with Crippen LogP contribution >= 0.6 is 11.3 Å². The molecule has 0 unspecified atom stereocenters. The fourth-order valence-electron chi connectivity index (χ4n) is 7.18. The molecule has 3 aromatic rings. The van der Waals surface area contributed by atoms with E-state index in [1.807, 2.05) is 12.2 Å². The fourth-order valence-corrected chi connectivity index (χ4v) is 9.33. The molecule has 53 heavy (non-hydrogen) atoms. The number of sulfonamides is 1. The Kier molecular flexibility index (Phi) is 9.93. The zero-order valence-corrected chi connectivity index (χ0v) is 30.8. The zero-order valence-electron chi connectivity index (χ0n) is 29.2. The lowest BCUT2D eigenvalue weighted by molar-refractivity contribution is -0.145. The van der Waals surface area contributed by atoms with Gasteiger partial charge in [-0.25, -0.2) is 18.4 Å². The molecule has 3 fully saturated rings. The van der Waals surface area contributed by atoms with Crippen LogP contribution in [0.1, 0.15) is 75.5 Å². The standard InChI is InChI=1S/C36H40F3N5O7S2/c1-20-27(50-2)13-12-24-28(17-25(40-31(20)24)33-41-29(19-52-33)36(37,38)39)51-22-14-15-44-26(16-22)32(46)42-35(34(47)43-53(48,49)23-10-11-23)18-21(35)8-6-4-3-5-7-9-30(44)45/h6,8,12-13,17,19,21-23,26H,3-5,7,9-11,14-16,18H2,1-2H3,(H,42,46)(H,43,47)/b8-6+/t21-,22-,26-,35-/m0/s1. The third-order valence-electron chi connectivity index (χ3n) is 10.4. The van der Waals surface area contributed by atoms with E-state index in [1.165, 1.54) is 18.1 Å². The number of carbonyl (C=O) groups excluding carboxylic acids is 3. The van der Waals surface area contributed by atoms with Crippen molar-refractivity contribution in [1.29, 1.82) is 0 Å². The second-order valence-corrected chi connectivity index (χ2v) is 17.0. The minimum absolute atomic E-state index is 0.0393. The van der Waals surface area contributed by atoms with Gasteiger partial charge < -0.3 is 19.7 Å². The van der Waals surface area contributed by atoms with E-state index in [0.29, 0.717) is 53.6 Å². The number of ether oxygens (including phenoxy) is 2. The predicted octanol–water partition coefficient (Wildman–Crippen LogP) is 5.44. The van der Waals surface area contributed by atoms with E-state index >= 15 is 0 Å². The predicted molar refractivity (Wildman–Crippen MR) is 190 cm³/mol. The van der Waals surface area contributed by atoms with Crippen molar-refractivity contribution in [3.05, 3.63) is 47.0 Å². The monoisotopic (exact) mass is 775 g/mol. The Morgan fingerprint density at radius 2 is 1.91 bits per heavy atom. The minimum atomic E-state index is -4.64. The van der Waals surface area contributed by atoms with Crippen LogP contribution in [-0.4, -0.2) is 77.6 Å². The topological polar surface area (TPSA) is 157 Å². The maximum Gasteiger partial charge on any atom is 0.434 e. The molecule has 0 bridgehead atoms. The number of allylic oxidation sites excluding steroid dienone is 1. The number of nitrogens with zero attached hydrogens (tertiary/aromatic N) is 3. The molecular formula is C36H40F3N5O7S2. The first-order valence-electron chi connectivity index (χ1n) is 17.7. The molecule has 1 aromatic carbocycles. The molecule has 7 rings (SSSR count). The second-order valence-electron chi connectivity index (χ2n) is 14.2. The van der Waals surface area contributed by atoms with Crippen LogP contribution in [0.2, 0.25) is 0 Å². The Morgan fingerprint density at radius 1 is 1.11 bits per heavy atom. The van der Waals surface area contributed by atoms with E-state index in [0.717, 1.165) is 36.0 Å². The van der Waals surface area contributed by atoms with Crippen molar-refractivity contribution in [2.75, 3.05) is 13.7 Å². The number of piperidine rings is 1. The summed E-state index contributed by atoms with van der Waals surface area (Å²) in [6, 6.07) is 3.96. The summed E-state index contributed by atoms with van der Waals surface area (Å²) < 4.78 is 80.2. The van der Waals surface area contributed by atoms with Crippen LogP contribution in [0.3, 0.4) is 0 Å². The molecule has 4 heterocycles. The van der Waals surface area contributed by atoms with Gasteiger partial charge in [-0.1, -0.05) is 18.6 Å². The highest BCUT2D eigenvalue weighted by Gasteiger charge is 2.62. The van der Waals surface area contributed by atoms with E-state index < -0.39 is 62.6 Å². The second kappa shape index (κ2) is 14.2. The molecule has 2 aliphatic heterocycles. The number of rotatable bonds is 7. The summed E-state index contributed by atoms with van der Waals surface area (Å²) in [7, 11) is -2.39. The molecule has 2 N–H and O–H groups in total. The molecule has 2 aliphatic carbocycles. The molecule has 12 nitrogen and oxygen atoms in total. The molecule has 284 valence electrons. The Morgan fingerprint density at radius 3 is 2.62 bits per heavy atom. The van der Waals surface area contributed by atoms with Crippen LogP contribution in [0.4, 0.5) is 13.2 Å². The van der Waals surface area contributed by atoms with Gasteiger partial charge in [0.25, 0.3) is 5.91 Å². The van der Waals surface area contributed by atoms with Gasteiger partial charge in [0.2, 0.25) is 21.8 Å². The quantitative estimate of drug-likeness (QED) is 0.299. The van der Waals surface area contributed by atoms with Gasteiger partial charge >= 0.3 is 6.18 Å². The number of pyridine rings is 1. The number of methoxy groups -OCH3 is 1. The van der Waals surface area contributed by atoms with Crippen LogP contribution in [0, 0.1) is 12.8 Å². The summed E-state index contributed by atoms with van der Waals surface area (Å²) in [5.41, 5.74) is -1.29. The van der Waals surface area contributed by atoms with E-state index in [1.54, 1.807) is 19.1 Å². The van der Waals surface area contributed by atoms with Crippen LogP contribution in [0.15, 0.2) is 35.7 Å². The molecular weight excluding hydrogens is 736 g/mol. The number of benzene rings is 1. The van der Waals surface area contributed by atoms with Crippen LogP contribution < -0.4 is 19.5 Å². The summed E-state index contributed by atoms with van der Waals surface area (Å²) in [5, 5.41) is 3.76. The molecule has 4 atom stereocenters. The fraction of sp³-hybridized carbons (Fsp3) is 0.528. The lowest BCUT2D eigenvalue weighted by Crippen LogP contribution is -2.60. The van der Waals surface area contributed by atoms with E-state index in [4.69, 9.17) is 9.47 Å². The Labute approximate surface area is 308 Å². The number of amides is 3. The van der Waals surface area contributed by atoms with E-state index in [2.05, 4.69) is 20.0 Å². The van der Waals surface area contributed by atoms with E-state index in [-0.39, 0.29) is 42.4 Å². The van der Waals surface area contributed by atoms with Crippen molar-refractivity contribution in [1.82, 2.24) is 24.9 Å². The minimum Gasteiger partial charge on any atom is -0.496 e. The Hall–Kier alpha value is -4.25. The van der Waals surface area contributed by atoms with Crippen molar-refractivity contribution >= 4 is 50.0 Å². The lowest BCUT2D eigenvalue weighted by Gasteiger charge is -2.39. The highest BCUT2D eigenvalue weighted by Crippen LogP contribution is 2.46. The molecule has 1 saturated heterocycles. The summed E-state index contributed by atoms with van der Waals surface area (Å²) in [6.45, 7) is 1.95. The number of aromatic nitrogens is 2. The van der Waals surface area contributed by atoms with Crippen molar-refractivity contribution in [2.24, 2.45) is 5.92 Å². The average molecular weight is 776 g/mol.